The Morgan fingerprint density at radius 3 is 2.67 bits per heavy atom. The molecule has 8 nitrogen and oxygen atoms in total. The van der Waals surface area contributed by atoms with Crippen LogP contribution < -0.4 is 16.0 Å². The lowest BCUT2D eigenvalue weighted by Gasteiger charge is -2.27. The van der Waals surface area contributed by atoms with Gasteiger partial charge in [0.1, 0.15) is 6.04 Å². The minimum Gasteiger partial charge on any atom is -0.311 e. The van der Waals surface area contributed by atoms with Crippen LogP contribution in [0.15, 0.2) is 18.2 Å². The van der Waals surface area contributed by atoms with Crippen molar-refractivity contribution in [3.8, 4) is 0 Å². The molecule has 30 heavy (non-hydrogen) atoms. The molecule has 3 heterocycles. The zero-order valence-corrected chi connectivity index (χ0v) is 16.8. The Morgan fingerprint density at radius 1 is 1.03 bits per heavy atom. The van der Waals surface area contributed by atoms with Gasteiger partial charge in [0.2, 0.25) is 11.8 Å². The molecule has 0 aromatic heterocycles. The quantitative estimate of drug-likeness (QED) is 0.617. The van der Waals surface area contributed by atoms with Gasteiger partial charge in [-0.25, -0.2) is 0 Å². The molecule has 5 rings (SSSR count). The van der Waals surface area contributed by atoms with Crippen LogP contribution in [0.4, 0.5) is 0 Å². The first-order valence-corrected chi connectivity index (χ1v) is 10.8. The summed E-state index contributed by atoms with van der Waals surface area (Å²) in [5, 5.41) is 9.39. The number of nitrogens with zero attached hydrogens (tertiary/aromatic N) is 1. The Balaban J connectivity index is 1.22. The van der Waals surface area contributed by atoms with Crippen LogP contribution in [0.5, 0.6) is 0 Å². The van der Waals surface area contributed by atoms with E-state index in [1.807, 2.05) is 6.07 Å². The van der Waals surface area contributed by atoms with Gasteiger partial charge in [-0.05, 0) is 49.3 Å². The van der Waals surface area contributed by atoms with Gasteiger partial charge in [0.05, 0.1) is 11.1 Å². The lowest BCUT2D eigenvalue weighted by molar-refractivity contribution is -0.136. The van der Waals surface area contributed by atoms with Crippen LogP contribution in [-0.2, 0) is 16.1 Å². The zero-order chi connectivity index (χ0) is 20.8. The number of hydrogen-bond acceptors (Lipinski definition) is 6. The van der Waals surface area contributed by atoms with Crippen LogP contribution in [0, 0.1) is 5.92 Å². The molecule has 1 unspecified atom stereocenters. The highest BCUT2D eigenvalue weighted by Crippen LogP contribution is 2.34. The highest BCUT2D eigenvalue weighted by molar-refractivity contribution is 6.23. The molecule has 4 amide bonds. The van der Waals surface area contributed by atoms with E-state index in [1.165, 1.54) is 25.7 Å². The van der Waals surface area contributed by atoms with E-state index in [4.69, 9.17) is 0 Å². The van der Waals surface area contributed by atoms with Crippen LogP contribution >= 0.6 is 0 Å². The van der Waals surface area contributed by atoms with Crippen molar-refractivity contribution in [1.82, 2.24) is 20.9 Å². The number of benzene rings is 1. The third-order valence-electron chi connectivity index (χ3n) is 6.92. The minimum absolute atomic E-state index is 0.121. The van der Waals surface area contributed by atoms with Gasteiger partial charge in [0, 0.05) is 31.6 Å². The number of hydrogen-bond donors (Lipinski definition) is 3. The summed E-state index contributed by atoms with van der Waals surface area (Å²) >= 11 is 0. The SMILES string of the molecule is O=C1CCC(N2C(=O)c3ccc(CNC[C@@H]4C[C@@H]5CCC[C@@H]5N4)cc3C2=O)C(=O)N1. The molecule has 4 aliphatic rings. The first kappa shape index (κ1) is 19.4. The van der Waals surface area contributed by atoms with Crippen molar-refractivity contribution >= 4 is 23.6 Å². The molecule has 0 radical (unpaired) electrons. The number of fused-ring (bicyclic) bond motifs is 2. The third kappa shape index (κ3) is 3.33. The number of amides is 4. The Kier molecular flexibility index (Phi) is 4.91. The first-order chi connectivity index (χ1) is 14.5. The third-order valence-corrected chi connectivity index (χ3v) is 6.92. The molecule has 3 fully saturated rings. The maximum Gasteiger partial charge on any atom is 0.262 e. The maximum absolute atomic E-state index is 12.9. The molecule has 2 saturated heterocycles. The molecule has 8 heteroatoms. The highest BCUT2D eigenvalue weighted by Gasteiger charge is 2.44. The Hall–Kier alpha value is -2.58. The number of nitrogens with one attached hydrogen (secondary N) is 3. The number of carbonyl (C=O) groups is 4. The van der Waals surface area contributed by atoms with E-state index in [1.54, 1.807) is 12.1 Å². The average Bonchev–Trinajstić information content (AvgIpc) is 3.37. The average molecular weight is 410 g/mol. The molecule has 1 saturated carbocycles. The maximum atomic E-state index is 12.9. The molecule has 3 aliphatic heterocycles. The molecule has 4 atom stereocenters. The van der Waals surface area contributed by atoms with Gasteiger partial charge in [-0.2, -0.15) is 0 Å². The first-order valence-electron chi connectivity index (χ1n) is 10.8. The summed E-state index contributed by atoms with van der Waals surface area (Å²) in [6.07, 6.45) is 5.46. The second-order valence-corrected chi connectivity index (χ2v) is 8.85. The highest BCUT2D eigenvalue weighted by atomic mass is 16.2. The fourth-order valence-electron chi connectivity index (χ4n) is 5.44. The second kappa shape index (κ2) is 7.59. The Bertz CT molecular complexity index is 918. The van der Waals surface area contributed by atoms with Gasteiger partial charge in [0.15, 0.2) is 0 Å². The molecular weight excluding hydrogens is 384 g/mol. The van der Waals surface area contributed by atoms with E-state index < -0.39 is 23.8 Å². The van der Waals surface area contributed by atoms with Crippen molar-refractivity contribution < 1.29 is 19.2 Å². The van der Waals surface area contributed by atoms with Crippen LogP contribution in [0.1, 0.15) is 64.8 Å². The molecule has 1 aromatic rings. The summed E-state index contributed by atoms with van der Waals surface area (Å²) in [6, 6.07) is 5.49. The van der Waals surface area contributed by atoms with Crippen molar-refractivity contribution in [2.24, 2.45) is 5.92 Å². The van der Waals surface area contributed by atoms with Gasteiger partial charge < -0.3 is 10.6 Å². The fourth-order valence-corrected chi connectivity index (χ4v) is 5.44. The molecule has 0 spiro atoms. The summed E-state index contributed by atoms with van der Waals surface area (Å²) in [5.74, 6) is -1.07. The topological polar surface area (TPSA) is 108 Å². The van der Waals surface area contributed by atoms with E-state index in [2.05, 4.69) is 16.0 Å². The van der Waals surface area contributed by atoms with Crippen LogP contribution in [0.3, 0.4) is 0 Å². The van der Waals surface area contributed by atoms with E-state index in [-0.39, 0.29) is 18.7 Å². The minimum atomic E-state index is -0.926. The van der Waals surface area contributed by atoms with Crippen molar-refractivity contribution in [3.63, 3.8) is 0 Å². The van der Waals surface area contributed by atoms with Crippen LogP contribution in [0.25, 0.3) is 0 Å². The van der Waals surface area contributed by atoms with Gasteiger partial charge >= 0.3 is 0 Å². The van der Waals surface area contributed by atoms with Crippen LogP contribution in [0.2, 0.25) is 0 Å². The number of carbonyl (C=O) groups excluding carboxylic acids is 4. The molecule has 1 aliphatic carbocycles. The summed E-state index contributed by atoms with van der Waals surface area (Å²) in [6.45, 7) is 1.49. The fraction of sp³-hybridized carbons (Fsp3) is 0.545. The van der Waals surface area contributed by atoms with E-state index in [0.29, 0.717) is 29.8 Å². The number of imide groups is 2. The van der Waals surface area contributed by atoms with Crippen molar-refractivity contribution in [2.75, 3.05) is 6.54 Å². The van der Waals surface area contributed by atoms with E-state index in [9.17, 15) is 19.2 Å². The summed E-state index contributed by atoms with van der Waals surface area (Å²) in [7, 11) is 0. The zero-order valence-electron chi connectivity index (χ0n) is 16.8. The van der Waals surface area contributed by atoms with Gasteiger partial charge in [-0.1, -0.05) is 12.5 Å². The molecule has 3 N–H and O–H groups in total. The Morgan fingerprint density at radius 2 is 1.87 bits per heavy atom. The van der Waals surface area contributed by atoms with Gasteiger partial charge in [-0.3, -0.25) is 29.4 Å². The van der Waals surface area contributed by atoms with Crippen molar-refractivity contribution in [2.45, 2.75) is 63.2 Å². The summed E-state index contributed by atoms with van der Waals surface area (Å²) < 4.78 is 0. The lowest BCUT2D eigenvalue weighted by atomic mass is 10.0. The predicted molar refractivity (Wildman–Crippen MR) is 107 cm³/mol. The predicted octanol–water partition coefficient (Wildman–Crippen LogP) is 0.708. The summed E-state index contributed by atoms with van der Waals surface area (Å²) in [5.41, 5.74) is 1.58. The van der Waals surface area contributed by atoms with E-state index in [0.717, 1.165) is 22.9 Å². The Labute approximate surface area is 174 Å². The number of rotatable bonds is 5. The molecule has 158 valence electrons. The number of piperidine rings is 1. The summed E-state index contributed by atoms with van der Waals surface area (Å²) in [4.78, 5) is 50.2. The van der Waals surface area contributed by atoms with Crippen LogP contribution in [-0.4, -0.2) is 53.2 Å². The molecule has 1 aromatic carbocycles. The van der Waals surface area contributed by atoms with E-state index >= 15 is 0 Å². The van der Waals surface area contributed by atoms with Gasteiger partial charge in [-0.15, -0.1) is 0 Å². The standard InChI is InChI=1S/C22H26N4O4/c27-19-7-6-18(20(28)25-19)26-21(29)15-5-4-12(8-16(15)22(26)30)10-23-11-14-9-13-2-1-3-17(13)24-14/h4-5,8,13-14,17-18,23-24H,1-3,6-7,9-11H2,(H,25,27,28)/t13-,14-,17-,18?/m0/s1. The smallest absolute Gasteiger partial charge is 0.262 e. The lowest BCUT2D eigenvalue weighted by Crippen LogP contribution is -2.54. The second-order valence-electron chi connectivity index (χ2n) is 8.85. The molecular formula is C22H26N4O4. The largest absolute Gasteiger partial charge is 0.311 e. The van der Waals surface area contributed by atoms with Gasteiger partial charge in [0.25, 0.3) is 11.8 Å². The van der Waals surface area contributed by atoms with Crippen molar-refractivity contribution in [3.05, 3.63) is 34.9 Å². The normalized spacial score (nSPS) is 30.6. The monoisotopic (exact) mass is 410 g/mol. The van der Waals surface area contributed by atoms with Crippen molar-refractivity contribution in [1.29, 1.82) is 0 Å². The molecule has 0 bridgehead atoms.